The van der Waals surface area contributed by atoms with Crippen LogP contribution in [0.3, 0.4) is 0 Å². The van der Waals surface area contributed by atoms with Gasteiger partial charge in [-0.3, -0.25) is 0 Å². The number of hydrogen-bond acceptors (Lipinski definition) is 3. The van der Waals surface area contributed by atoms with Crippen LogP contribution < -0.4 is 5.32 Å². The Morgan fingerprint density at radius 2 is 1.86 bits per heavy atom. The second-order valence-electron chi connectivity index (χ2n) is 4.83. The molecule has 112 valence electrons. The molecule has 0 saturated heterocycles. The molecule has 0 bridgehead atoms. The maximum absolute atomic E-state index is 13.0. The normalized spacial score (nSPS) is 10.7. The summed E-state index contributed by atoms with van der Waals surface area (Å²) >= 11 is 2.30. The molecule has 0 radical (unpaired) electrons. The molecule has 0 saturated carbocycles. The first-order chi connectivity index (χ1) is 10.1. The standard InChI is InChI=1S/C16H19FIN3/c1-3-9-19-16-15(18)13(4-2)20-14(21-16)10-11-5-7-12(17)8-6-11/h5-8H,3-4,9-10H2,1-2H3,(H,19,20,21). The van der Waals surface area contributed by atoms with Crippen molar-refractivity contribution in [3.05, 3.63) is 50.7 Å². The second-order valence-corrected chi connectivity index (χ2v) is 5.91. The van der Waals surface area contributed by atoms with Crippen LogP contribution in [0, 0.1) is 9.39 Å². The summed E-state index contributed by atoms with van der Waals surface area (Å²) in [6, 6.07) is 6.50. The first-order valence-corrected chi connectivity index (χ1v) is 8.25. The van der Waals surface area contributed by atoms with Gasteiger partial charge in [-0.05, 0) is 53.1 Å². The monoisotopic (exact) mass is 399 g/mol. The molecule has 2 rings (SSSR count). The molecule has 21 heavy (non-hydrogen) atoms. The van der Waals surface area contributed by atoms with Crippen molar-refractivity contribution in [2.24, 2.45) is 0 Å². The molecule has 1 aromatic heterocycles. The van der Waals surface area contributed by atoms with Crippen LogP contribution in [0.1, 0.15) is 37.4 Å². The molecule has 0 aliphatic carbocycles. The fourth-order valence-electron chi connectivity index (χ4n) is 2.00. The van der Waals surface area contributed by atoms with E-state index in [0.717, 1.165) is 45.9 Å². The van der Waals surface area contributed by atoms with Gasteiger partial charge in [-0.25, -0.2) is 14.4 Å². The topological polar surface area (TPSA) is 37.8 Å². The molecule has 0 fully saturated rings. The van der Waals surface area contributed by atoms with Gasteiger partial charge in [0.05, 0.1) is 9.26 Å². The minimum absolute atomic E-state index is 0.221. The van der Waals surface area contributed by atoms with E-state index >= 15 is 0 Å². The van der Waals surface area contributed by atoms with E-state index in [-0.39, 0.29) is 5.82 Å². The Hall–Kier alpha value is -1.24. The van der Waals surface area contributed by atoms with Crippen LogP contribution in [0.15, 0.2) is 24.3 Å². The van der Waals surface area contributed by atoms with E-state index in [4.69, 9.17) is 0 Å². The van der Waals surface area contributed by atoms with Gasteiger partial charge in [0.1, 0.15) is 17.5 Å². The number of benzene rings is 1. The summed E-state index contributed by atoms with van der Waals surface area (Å²) in [4.78, 5) is 9.24. The molecule has 5 heteroatoms. The summed E-state index contributed by atoms with van der Waals surface area (Å²) in [6.45, 7) is 5.11. The quantitative estimate of drug-likeness (QED) is 0.741. The van der Waals surface area contributed by atoms with Crippen LogP contribution in [0.2, 0.25) is 0 Å². The molecular formula is C16H19FIN3. The lowest BCUT2D eigenvalue weighted by Crippen LogP contribution is -2.10. The Bertz CT molecular complexity index is 599. The molecule has 3 nitrogen and oxygen atoms in total. The lowest BCUT2D eigenvalue weighted by Gasteiger charge is -2.12. The van der Waals surface area contributed by atoms with Gasteiger partial charge in [0.25, 0.3) is 0 Å². The molecule has 1 N–H and O–H groups in total. The van der Waals surface area contributed by atoms with Crippen molar-refractivity contribution in [1.29, 1.82) is 0 Å². The van der Waals surface area contributed by atoms with Crippen molar-refractivity contribution in [2.45, 2.75) is 33.1 Å². The Morgan fingerprint density at radius 1 is 1.14 bits per heavy atom. The number of hydrogen-bond donors (Lipinski definition) is 1. The molecule has 0 unspecified atom stereocenters. The van der Waals surface area contributed by atoms with Crippen molar-refractivity contribution < 1.29 is 4.39 Å². The number of anilines is 1. The third-order valence-corrected chi connectivity index (χ3v) is 4.25. The van der Waals surface area contributed by atoms with Gasteiger partial charge in [0, 0.05) is 13.0 Å². The lowest BCUT2D eigenvalue weighted by atomic mass is 10.1. The van der Waals surface area contributed by atoms with Crippen LogP contribution in [-0.4, -0.2) is 16.5 Å². The zero-order valence-corrected chi connectivity index (χ0v) is 14.4. The number of aromatic nitrogens is 2. The predicted octanol–water partition coefficient (Wildman–Crippen LogP) is 4.20. The Morgan fingerprint density at radius 3 is 2.48 bits per heavy atom. The molecule has 0 aliphatic rings. The first kappa shape index (κ1) is 16.1. The molecule has 0 spiro atoms. The fraction of sp³-hybridized carbons (Fsp3) is 0.375. The SMILES string of the molecule is CCCNc1nc(Cc2ccc(F)cc2)nc(CC)c1I. The highest BCUT2D eigenvalue weighted by molar-refractivity contribution is 14.1. The average molecular weight is 399 g/mol. The van der Waals surface area contributed by atoms with E-state index in [0.29, 0.717) is 6.42 Å². The van der Waals surface area contributed by atoms with E-state index in [1.807, 2.05) is 0 Å². The summed E-state index contributed by atoms with van der Waals surface area (Å²) in [5.74, 6) is 1.46. The van der Waals surface area contributed by atoms with E-state index < -0.39 is 0 Å². The number of rotatable bonds is 6. The van der Waals surface area contributed by atoms with Crippen molar-refractivity contribution in [3.8, 4) is 0 Å². The molecule has 0 aliphatic heterocycles. The Labute approximate surface area is 138 Å². The van der Waals surface area contributed by atoms with Crippen molar-refractivity contribution in [3.63, 3.8) is 0 Å². The minimum atomic E-state index is -0.221. The fourth-order valence-corrected chi connectivity index (χ4v) is 2.82. The third kappa shape index (κ3) is 4.36. The molecule has 0 atom stereocenters. The van der Waals surface area contributed by atoms with Crippen LogP contribution in [0.25, 0.3) is 0 Å². The lowest BCUT2D eigenvalue weighted by molar-refractivity contribution is 0.627. The highest BCUT2D eigenvalue weighted by Gasteiger charge is 2.11. The van der Waals surface area contributed by atoms with E-state index in [2.05, 4.69) is 51.7 Å². The van der Waals surface area contributed by atoms with Crippen LogP contribution in [-0.2, 0) is 12.8 Å². The van der Waals surface area contributed by atoms with E-state index in [1.165, 1.54) is 12.1 Å². The van der Waals surface area contributed by atoms with Gasteiger partial charge in [-0.1, -0.05) is 26.0 Å². The zero-order valence-electron chi connectivity index (χ0n) is 12.3. The smallest absolute Gasteiger partial charge is 0.143 e. The van der Waals surface area contributed by atoms with Crippen LogP contribution in [0.4, 0.5) is 10.2 Å². The minimum Gasteiger partial charge on any atom is -0.369 e. The summed E-state index contributed by atoms with van der Waals surface area (Å²) in [7, 11) is 0. The highest BCUT2D eigenvalue weighted by atomic mass is 127. The Kier molecular flexibility index (Phi) is 5.90. The second kappa shape index (κ2) is 7.68. The van der Waals surface area contributed by atoms with Crippen LogP contribution in [0.5, 0.6) is 0 Å². The maximum Gasteiger partial charge on any atom is 0.143 e. The largest absolute Gasteiger partial charge is 0.369 e. The molecule has 1 aromatic carbocycles. The average Bonchev–Trinajstić information content (AvgIpc) is 2.49. The van der Waals surface area contributed by atoms with Gasteiger partial charge in [0.15, 0.2) is 0 Å². The van der Waals surface area contributed by atoms with Gasteiger partial charge in [-0.15, -0.1) is 0 Å². The molecule has 0 amide bonds. The molecular weight excluding hydrogens is 380 g/mol. The number of nitrogens with one attached hydrogen (secondary N) is 1. The molecule has 2 aromatic rings. The predicted molar refractivity (Wildman–Crippen MR) is 92.1 cm³/mol. The van der Waals surface area contributed by atoms with E-state index in [1.54, 1.807) is 12.1 Å². The number of nitrogens with zero attached hydrogens (tertiary/aromatic N) is 2. The Balaban J connectivity index is 2.27. The summed E-state index contributed by atoms with van der Waals surface area (Å²) in [5, 5.41) is 3.35. The zero-order chi connectivity index (χ0) is 15.2. The van der Waals surface area contributed by atoms with Gasteiger partial charge >= 0.3 is 0 Å². The van der Waals surface area contributed by atoms with E-state index in [9.17, 15) is 4.39 Å². The van der Waals surface area contributed by atoms with Crippen molar-refractivity contribution in [1.82, 2.24) is 9.97 Å². The third-order valence-electron chi connectivity index (χ3n) is 3.12. The maximum atomic E-state index is 13.0. The summed E-state index contributed by atoms with van der Waals surface area (Å²) in [5.41, 5.74) is 2.07. The van der Waals surface area contributed by atoms with Crippen LogP contribution >= 0.6 is 22.6 Å². The highest BCUT2D eigenvalue weighted by Crippen LogP contribution is 2.21. The first-order valence-electron chi connectivity index (χ1n) is 7.17. The van der Waals surface area contributed by atoms with Gasteiger partial charge < -0.3 is 5.32 Å². The van der Waals surface area contributed by atoms with Gasteiger partial charge in [0.2, 0.25) is 0 Å². The summed E-state index contributed by atoms with van der Waals surface area (Å²) in [6.07, 6.45) is 2.54. The van der Waals surface area contributed by atoms with Crippen molar-refractivity contribution in [2.75, 3.05) is 11.9 Å². The van der Waals surface area contributed by atoms with Gasteiger partial charge in [-0.2, -0.15) is 0 Å². The van der Waals surface area contributed by atoms with Crippen molar-refractivity contribution >= 4 is 28.4 Å². The number of aryl methyl sites for hydroxylation is 1. The summed E-state index contributed by atoms with van der Waals surface area (Å²) < 4.78 is 14.0. The molecule has 1 heterocycles. The number of halogens is 2.